The molecule has 3 rings (SSSR count). The summed E-state index contributed by atoms with van der Waals surface area (Å²) in [6.45, 7) is 3.62. The number of thioether (sulfide) groups is 1. The first-order chi connectivity index (χ1) is 11.6. The highest BCUT2D eigenvalue weighted by atomic mass is 32.2. The lowest BCUT2D eigenvalue weighted by molar-refractivity contribution is -0.115. The molecule has 0 unspecified atom stereocenters. The normalized spacial score (nSPS) is 16.8. The maximum Gasteiger partial charge on any atom is 0.238 e. The fraction of sp³-hybridized carbons (Fsp3) is 0.600. The Kier molecular flexibility index (Phi) is 5.72. The highest BCUT2D eigenvalue weighted by molar-refractivity contribution is 8.02. The van der Waals surface area contributed by atoms with E-state index in [9.17, 15) is 4.79 Å². The third kappa shape index (κ3) is 4.70. The first-order valence-electron chi connectivity index (χ1n) is 8.11. The third-order valence-electron chi connectivity index (χ3n) is 3.87. The van der Waals surface area contributed by atoms with Crippen molar-refractivity contribution < 1.29 is 9.32 Å². The molecule has 0 bridgehead atoms. The lowest BCUT2D eigenvalue weighted by Crippen LogP contribution is -2.22. The fourth-order valence-corrected chi connectivity index (χ4v) is 4.57. The van der Waals surface area contributed by atoms with Gasteiger partial charge in [-0.05, 0) is 26.7 Å². The van der Waals surface area contributed by atoms with Crippen molar-refractivity contribution in [2.75, 3.05) is 10.6 Å². The Morgan fingerprint density at radius 1 is 1.38 bits per heavy atom. The highest BCUT2D eigenvalue weighted by Crippen LogP contribution is 2.31. The van der Waals surface area contributed by atoms with Gasteiger partial charge in [0.1, 0.15) is 5.76 Å². The molecule has 0 aromatic carbocycles. The molecule has 2 aromatic rings. The number of amides is 1. The van der Waals surface area contributed by atoms with Gasteiger partial charge >= 0.3 is 0 Å². The van der Waals surface area contributed by atoms with Crippen LogP contribution in [0.5, 0.6) is 0 Å². The number of hydrogen-bond donors (Lipinski definition) is 2. The second-order valence-electron chi connectivity index (χ2n) is 5.92. The van der Waals surface area contributed by atoms with Gasteiger partial charge in [-0.2, -0.15) is 0 Å². The molecule has 0 radical (unpaired) electrons. The van der Waals surface area contributed by atoms with Gasteiger partial charge in [-0.15, -0.1) is 10.2 Å². The number of anilines is 2. The van der Waals surface area contributed by atoms with Crippen molar-refractivity contribution in [3.05, 3.63) is 11.8 Å². The Morgan fingerprint density at radius 2 is 2.17 bits per heavy atom. The Morgan fingerprint density at radius 3 is 2.88 bits per heavy atom. The van der Waals surface area contributed by atoms with Crippen molar-refractivity contribution in [3.63, 3.8) is 0 Å². The molecule has 0 aliphatic heterocycles. The summed E-state index contributed by atoms with van der Waals surface area (Å²) in [5.74, 6) is 0.959. The number of rotatable bonds is 6. The van der Waals surface area contributed by atoms with Gasteiger partial charge in [-0.1, -0.05) is 47.5 Å². The molecule has 1 amide bonds. The summed E-state index contributed by atoms with van der Waals surface area (Å²) >= 11 is 2.89. The standard InChI is InChI=1S/C15H21N5O2S2/c1-9-8-12(20-22-9)17-13(21)10(2)23-15-19-18-14(24-15)16-11-6-4-3-5-7-11/h8,10-11H,3-7H2,1-2H3,(H,16,18)(H,17,20,21)/t10-/m1/s1. The van der Waals surface area contributed by atoms with Gasteiger partial charge < -0.3 is 15.2 Å². The van der Waals surface area contributed by atoms with Gasteiger partial charge in [-0.25, -0.2) is 0 Å². The zero-order valence-corrected chi connectivity index (χ0v) is 15.4. The van der Waals surface area contributed by atoms with Gasteiger partial charge in [0.05, 0.1) is 5.25 Å². The topological polar surface area (TPSA) is 92.9 Å². The maximum absolute atomic E-state index is 12.2. The predicted octanol–water partition coefficient (Wildman–Crippen LogP) is 3.70. The largest absolute Gasteiger partial charge is 0.360 e. The van der Waals surface area contributed by atoms with Crippen LogP contribution in [0, 0.1) is 6.92 Å². The molecule has 24 heavy (non-hydrogen) atoms. The highest BCUT2D eigenvalue weighted by Gasteiger charge is 2.20. The number of nitrogens with zero attached hydrogens (tertiary/aromatic N) is 3. The summed E-state index contributed by atoms with van der Waals surface area (Å²) in [6.07, 6.45) is 6.26. The van der Waals surface area contributed by atoms with Crippen LogP contribution in [0.4, 0.5) is 10.9 Å². The molecular weight excluding hydrogens is 346 g/mol. The van der Waals surface area contributed by atoms with E-state index in [1.54, 1.807) is 13.0 Å². The van der Waals surface area contributed by atoms with Crippen molar-refractivity contribution in [3.8, 4) is 0 Å². The third-order valence-corrected chi connectivity index (χ3v) is 5.90. The number of hydrogen-bond acceptors (Lipinski definition) is 8. The summed E-state index contributed by atoms with van der Waals surface area (Å²) < 4.78 is 5.72. The van der Waals surface area contributed by atoms with Gasteiger partial charge in [-0.3, -0.25) is 4.79 Å². The summed E-state index contributed by atoms with van der Waals surface area (Å²) in [4.78, 5) is 12.2. The number of carbonyl (C=O) groups excluding carboxylic acids is 1. The van der Waals surface area contributed by atoms with Crippen LogP contribution in [0.3, 0.4) is 0 Å². The molecule has 2 N–H and O–H groups in total. The van der Waals surface area contributed by atoms with Crippen LogP contribution in [-0.4, -0.2) is 32.6 Å². The van der Waals surface area contributed by atoms with Crippen molar-refractivity contribution >= 4 is 40.0 Å². The zero-order valence-electron chi connectivity index (χ0n) is 13.7. The molecular formula is C15H21N5O2S2. The quantitative estimate of drug-likeness (QED) is 0.752. The van der Waals surface area contributed by atoms with Crippen molar-refractivity contribution in [2.24, 2.45) is 0 Å². The SMILES string of the molecule is Cc1cc(NC(=O)[C@@H](C)Sc2nnc(NC3CCCCC3)s2)no1. The van der Waals surface area contributed by atoms with E-state index in [2.05, 4.69) is 26.0 Å². The first kappa shape index (κ1) is 17.2. The van der Waals surface area contributed by atoms with E-state index >= 15 is 0 Å². The Labute approximate surface area is 149 Å². The van der Waals surface area contributed by atoms with Crippen LogP contribution in [-0.2, 0) is 4.79 Å². The van der Waals surface area contributed by atoms with Crippen LogP contribution >= 0.6 is 23.1 Å². The predicted molar refractivity (Wildman–Crippen MR) is 95.6 cm³/mol. The zero-order chi connectivity index (χ0) is 16.9. The number of aromatic nitrogens is 3. The lowest BCUT2D eigenvalue weighted by Gasteiger charge is -2.21. The average molecular weight is 368 g/mol. The minimum absolute atomic E-state index is 0.134. The van der Waals surface area contributed by atoms with Crippen LogP contribution in [0.1, 0.15) is 44.8 Å². The van der Waals surface area contributed by atoms with Gasteiger partial charge in [0.25, 0.3) is 0 Å². The minimum Gasteiger partial charge on any atom is -0.360 e. The van der Waals surface area contributed by atoms with E-state index in [1.165, 1.54) is 55.2 Å². The van der Waals surface area contributed by atoms with E-state index in [1.807, 2.05) is 6.92 Å². The monoisotopic (exact) mass is 367 g/mol. The van der Waals surface area contributed by atoms with Gasteiger partial charge in [0, 0.05) is 12.1 Å². The van der Waals surface area contributed by atoms with Crippen LogP contribution in [0.25, 0.3) is 0 Å². The van der Waals surface area contributed by atoms with Crippen molar-refractivity contribution in [1.82, 2.24) is 15.4 Å². The summed E-state index contributed by atoms with van der Waals surface area (Å²) in [5.41, 5.74) is 0. The van der Waals surface area contributed by atoms with Crippen molar-refractivity contribution in [2.45, 2.75) is 61.6 Å². The Balaban J connectivity index is 1.50. The molecule has 1 atom stereocenters. The average Bonchev–Trinajstić information content (AvgIpc) is 3.17. The lowest BCUT2D eigenvalue weighted by atomic mass is 9.96. The molecule has 1 aliphatic rings. The van der Waals surface area contributed by atoms with Gasteiger partial charge in [0.2, 0.25) is 11.0 Å². The van der Waals surface area contributed by atoms with E-state index < -0.39 is 0 Å². The number of aryl methyl sites for hydroxylation is 1. The summed E-state index contributed by atoms with van der Waals surface area (Å²) in [6, 6.07) is 2.19. The molecule has 1 saturated carbocycles. The first-order valence-corrected chi connectivity index (χ1v) is 9.80. The Hall–Kier alpha value is -1.61. The Bertz CT molecular complexity index is 681. The summed E-state index contributed by atoms with van der Waals surface area (Å²) in [7, 11) is 0. The molecule has 2 heterocycles. The van der Waals surface area contributed by atoms with E-state index in [0.29, 0.717) is 17.6 Å². The minimum atomic E-state index is -0.294. The second kappa shape index (κ2) is 7.98. The number of nitrogens with one attached hydrogen (secondary N) is 2. The molecule has 1 fully saturated rings. The van der Waals surface area contributed by atoms with Gasteiger partial charge in [0.15, 0.2) is 10.2 Å². The second-order valence-corrected chi connectivity index (χ2v) is 8.49. The molecule has 130 valence electrons. The van der Waals surface area contributed by atoms with Crippen molar-refractivity contribution in [1.29, 1.82) is 0 Å². The molecule has 1 aliphatic carbocycles. The molecule has 0 spiro atoms. The van der Waals surface area contributed by atoms with Crippen LogP contribution in [0.2, 0.25) is 0 Å². The molecule has 2 aromatic heterocycles. The number of carbonyl (C=O) groups is 1. The van der Waals surface area contributed by atoms with E-state index in [-0.39, 0.29) is 11.2 Å². The van der Waals surface area contributed by atoms with Crippen LogP contribution < -0.4 is 10.6 Å². The maximum atomic E-state index is 12.2. The fourth-order valence-electron chi connectivity index (χ4n) is 2.60. The smallest absolute Gasteiger partial charge is 0.238 e. The van der Waals surface area contributed by atoms with E-state index in [0.717, 1.165) is 9.47 Å². The molecule has 0 saturated heterocycles. The summed E-state index contributed by atoms with van der Waals surface area (Å²) in [5, 5.41) is 18.8. The molecule has 9 heteroatoms. The molecule has 7 nitrogen and oxygen atoms in total. The van der Waals surface area contributed by atoms with E-state index in [4.69, 9.17) is 4.52 Å². The van der Waals surface area contributed by atoms with Crippen LogP contribution in [0.15, 0.2) is 14.9 Å².